The molecule has 2 aromatic rings. The number of aromatic nitrogens is 1. The topological polar surface area (TPSA) is 106 Å². The Morgan fingerprint density at radius 1 is 1.28 bits per heavy atom. The molecule has 0 aliphatic carbocycles. The molecule has 0 atom stereocenters. The number of ketones is 1. The summed E-state index contributed by atoms with van der Waals surface area (Å²) >= 11 is 0. The Labute approximate surface area is 146 Å². The quantitative estimate of drug-likeness (QED) is 0.384. The molecule has 0 saturated carbocycles. The highest BCUT2D eigenvalue weighted by molar-refractivity contribution is 6.12. The maximum atomic E-state index is 12.8. The predicted molar refractivity (Wildman–Crippen MR) is 97.8 cm³/mol. The van der Waals surface area contributed by atoms with Crippen LogP contribution in [-0.2, 0) is 9.53 Å². The fraction of sp³-hybridized carbons (Fsp3) is 0.278. The van der Waals surface area contributed by atoms with E-state index in [0.717, 1.165) is 5.69 Å². The normalized spacial score (nSPS) is 10.2. The second-order valence-electron chi connectivity index (χ2n) is 5.26. The zero-order chi connectivity index (χ0) is 18.2. The summed E-state index contributed by atoms with van der Waals surface area (Å²) in [5.41, 5.74) is 8.07. The van der Waals surface area contributed by atoms with Crippen molar-refractivity contribution in [2.75, 3.05) is 36.6 Å². The van der Waals surface area contributed by atoms with E-state index in [9.17, 15) is 9.59 Å². The lowest BCUT2D eigenvalue weighted by Gasteiger charge is -2.11. The van der Waals surface area contributed by atoms with Crippen molar-refractivity contribution in [2.45, 2.75) is 13.3 Å². The number of nitrogens with zero attached hydrogens (tertiary/aromatic N) is 1. The van der Waals surface area contributed by atoms with Gasteiger partial charge in [0.25, 0.3) is 0 Å². The van der Waals surface area contributed by atoms with Gasteiger partial charge >= 0.3 is 5.97 Å². The molecule has 1 aromatic heterocycles. The number of hydrogen-bond acceptors (Lipinski definition) is 7. The van der Waals surface area contributed by atoms with Crippen LogP contribution in [0.25, 0.3) is 0 Å². The second kappa shape index (κ2) is 8.68. The molecule has 4 N–H and O–H groups in total. The minimum Gasteiger partial charge on any atom is -0.466 e. The fourth-order valence-electron chi connectivity index (χ4n) is 2.33. The van der Waals surface area contributed by atoms with Gasteiger partial charge in [0.05, 0.1) is 30.0 Å². The number of carbonyl (C=O) groups excluding carboxylic acids is 2. The first-order valence-electron chi connectivity index (χ1n) is 8.03. The molecule has 0 bridgehead atoms. The molecule has 0 spiro atoms. The molecule has 2 rings (SSSR count). The number of benzene rings is 1. The summed E-state index contributed by atoms with van der Waals surface area (Å²) in [4.78, 5) is 28.4. The standard InChI is InChI=1S/C18H22N4O3/c1-3-25-16(23)8-10-22-18-13(5-4-9-21-18)17(24)12-6-7-15(20-2)14(19)11-12/h4-7,9,11,20H,3,8,10,19H2,1-2H3,(H,21,22). The highest BCUT2D eigenvalue weighted by atomic mass is 16.5. The number of esters is 1. The molecule has 0 aliphatic heterocycles. The second-order valence-corrected chi connectivity index (χ2v) is 5.26. The lowest BCUT2D eigenvalue weighted by molar-refractivity contribution is -0.142. The monoisotopic (exact) mass is 342 g/mol. The Morgan fingerprint density at radius 3 is 2.76 bits per heavy atom. The van der Waals surface area contributed by atoms with Crippen molar-refractivity contribution in [1.82, 2.24) is 4.98 Å². The minimum atomic E-state index is -0.297. The SMILES string of the molecule is CCOC(=O)CCNc1ncccc1C(=O)c1ccc(NC)c(N)c1. The van der Waals surface area contributed by atoms with E-state index in [1.807, 2.05) is 0 Å². The van der Waals surface area contributed by atoms with Crippen LogP contribution in [0.3, 0.4) is 0 Å². The van der Waals surface area contributed by atoms with E-state index in [2.05, 4.69) is 15.6 Å². The van der Waals surface area contributed by atoms with Crippen molar-refractivity contribution in [1.29, 1.82) is 0 Å². The summed E-state index contributed by atoms with van der Waals surface area (Å²) in [6, 6.07) is 8.47. The number of nitrogens with two attached hydrogens (primary N) is 1. The molecule has 0 saturated heterocycles. The van der Waals surface area contributed by atoms with Crippen molar-refractivity contribution in [2.24, 2.45) is 0 Å². The first-order chi connectivity index (χ1) is 12.1. The van der Waals surface area contributed by atoms with Crippen molar-refractivity contribution >= 4 is 28.9 Å². The molecule has 0 fully saturated rings. The van der Waals surface area contributed by atoms with Crippen LogP contribution in [0.4, 0.5) is 17.2 Å². The molecular weight excluding hydrogens is 320 g/mol. The van der Waals surface area contributed by atoms with Gasteiger partial charge < -0.3 is 21.1 Å². The van der Waals surface area contributed by atoms with Crippen LogP contribution in [0.5, 0.6) is 0 Å². The third-order valence-electron chi connectivity index (χ3n) is 3.56. The van der Waals surface area contributed by atoms with Gasteiger partial charge in [0.2, 0.25) is 0 Å². The smallest absolute Gasteiger partial charge is 0.307 e. The van der Waals surface area contributed by atoms with Gasteiger partial charge in [-0.05, 0) is 37.3 Å². The lowest BCUT2D eigenvalue weighted by atomic mass is 10.0. The molecule has 1 heterocycles. The summed E-state index contributed by atoms with van der Waals surface area (Å²) < 4.78 is 4.88. The van der Waals surface area contributed by atoms with Crippen molar-refractivity contribution in [3.63, 3.8) is 0 Å². The third kappa shape index (κ3) is 4.69. The molecule has 0 aliphatic rings. The van der Waals surface area contributed by atoms with E-state index in [0.29, 0.717) is 35.8 Å². The van der Waals surface area contributed by atoms with Gasteiger partial charge in [-0.2, -0.15) is 0 Å². The summed E-state index contributed by atoms with van der Waals surface area (Å²) in [6.07, 6.45) is 1.78. The molecule has 0 radical (unpaired) electrons. The van der Waals surface area contributed by atoms with Gasteiger partial charge in [0.1, 0.15) is 5.82 Å². The van der Waals surface area contributed by atoms with E-state index in [4.69, 9.17) is 10.5 Å². The molecule has 7 heteroatoms. The number of ether oxygens (including phenoxy) is 1. The van der Waals surface area contributed by atoms with Gasteiger partial charge in [0.15, 0.2) is 5.78 Å². The number of carbonyl (C=O) groups is 2. The van der Waals surface area contributed by atoms with Crippen LogP contribution in [0.15, 0.2) is 36.5 Å². The number of pyridine rings is 1. The first kappa shape index (κ1) is 18.3. The highest BCUT2D eigenvalue weighted by Gasteiger charge is 2.15. The number of anilines is 3. The average Bonchev–Trinajstić information content (AvgIpc) is 2.61. The Kier molecular flexibility index (Phi) is 6.33. The largest absolute Gasteiger partial charge is 0.466 e. The number of nitrogen functional groups attached to an aromatic ring is 1. The molecule has 7 nitrogen and oxygen atoms in total. The van der Waals surface area contributed by atoms with Gasteiger partial charge in [0, 0.05) is 25.4 Å². The molecule has 25 heavy (non-hydrogen) atoms. The fourth-order valence-corrected chi connectivity index (χ4v) is 2.33. The Bertz CT molecular complexity index is 762. The lowest BCUT2D eigenvalue weighted by Crippen LogP contribution is -2.14. The van der Waals surface area contributed by atoms with E-state index >= 15 is 0 Å². The highest BCUT2D eigenvalue weighted by Crippen LogP contribution is 2.23. The Balaban J connectivity index is 2.15. The number of hydrogen-bond donors (Lipinski definition) is 3. The van der Waals surface area contributed by atoms with Crippen molar-refractivity contribution < 1.29 is 14.3 Å². The third-order valence-corrected chi connectivity index (χ3v) is 3.56. The van der Waals surface area contributed by atoms with Crippen LogP contribution in [0.2, 0.25) is 0 Å². The zero-order valence-electron chi connectivity index (χ0n) is 14.3. The maximum absolute atomic E-state index is 12.8. The van der Waals surface area contributed by atoms with E-state index in [1.54, 1.807) is 50.5 Å². The Morgan fingerprint density at radius 2 is 2.08 bits per heavy atom. The van der Waals surface area contributed by atoms with Crippen molar-refractivity contribution in [3.05, 3.63) is 47.7 Å². The number of nitrogens with one attached hydrogen (secondary N) is 2. The zero-order valence-corrected chi connectivity index (χ0v) is 14.3. The van der Waals surface area contributed by atoms with Gasteiger partial charge in [-0.15, -0.1) is 0 Å². The maximum Gasteiger partial charge on any atom is 0.307 e. The van der Waals surface area contributed by atoms with Crippen LogP contribution in [-0.4, -0.2) is 36.9 Å². The number of rotatable bonds is 8. The van der Waals surface area contributed by atoms with Crippen LogP contribution >= 0.6 is 0 Å². The van der Waals surface area contributed by atoms with Gasteiger partial charge in [-0.3, -0.25) is 9.59 Å². The summed E-state index contributed by atoms with van der Waals surface area (Å²) in [6.45, 7) is 2.43. The van der Waals surface area contributed by atoms with E-state index < -0.39 is 0 Å². The summed E-state index contributed by atoms with van der Waals surface area (Å²) in [5, 5.41) is 5.97. The molecule has 0 unspecified atom stereocenters. The average molecular weight is 342 g/mol. The van der Waals surface area contributed by atoms with Crippen LogP contribution in [0.1, 0.15) is 29.3 Å². The van der Waals surface area contributed by atoms with E-state index in [1.165, 1.54) is 0 Å². The predicted octanol–water partition coefficient (Wildman–Crippen LogP) is 2.30. The molecular formula is C18H22N4O3. The molecule has 132 valence electrons. The van der Waals surface area contributed by atoms with Crippen molar-refractivity contribution in [3.8, 4) is 0 Å². The van der Waals surface area contributed by atoms with Crippen LogP contribution in [0, 0.1) is 0 Å². The van der Waals surface area contributed by atoms with Crippen LogP contribution < -0.4 is 16.4 Å². The molecule has 0 amide bonds. The van der Waals surface area contributed by atoms with Gasteiger partial charge in [-0.1, -0.05) is 0 Å². The molecule has 1 aromatic carbocycles. The minimum absolute atomic E-state index is 0.193. The Hall–Kier alpha value is -3.09. The summed E-state index contributed by atoms with van der Waals surface area (Å²) in [5.74, 6) is -0.0663. The van der Waals surface area contributed by atoms with E-state index in [-0.39, 0.29) is 18.2 Å². The van der Waals surface area contributed by atoms with Gasteiger partial charge in [-0.25, -0.2) is 4.98 Å². The summed E-state index contributed by atoms with van der Waals surface area (Å²) in [7, 11) is 1.76. The first-order valence-corrected chi connectivity index (χ1v) is 8.03.